The lowest BCUT2D eigenvalue weighted by atomic mass is 9.85. The first-order chi connectivity index (χ1) is 27.4. The topological polar surface area (TPSA) is 25.2 Å². The first-order valence-electron chi connectivity index (χ1n) is 19.2. The number of fused-ring (bicyclic) bond motifs is 2. The highest BCUT2D eigenvalue weighted by atomic mass is 32.1. The van der Waals surface area contributed by atoms with Crippen molar-refractivity contribution in [3.05, 3.63) is 205 Å². The summed E-state index contributed by atoms with van der Waals surface area (Å²) < 4.78 is 1.18. The Hall–Kier alpha value is -6.20. The maximum absolute atomic E-state index is 5.42. The van der Waals surface area contributed by atoms with Crippen LogP contribution in [0.4, 0.5) is 5.69 Å². The molecule has 4 heteroatoms. The molecule has 0 atom stereocenters. The average molecular weight is 755 g/mol. The number of aliphatic imine (C=N–C) groups is 1. The van der Waals surface area contributed by atoms with Crippen LogP contribution in [-0.4, -0.2) is 19.3 Å². The molecule has 0 N–H and O–H groups in total. The zero-order chi connectivity index (χ0) is 38.1. The van der Waals surface area contributed by atoms with Gasteiger partial charge in [0.2, 0.25) is 0 Å². The summed E-state index contributed by atoms with van der Waals surface area (Å²) in [6, 6.07) is 70.7. The Labute approximate surface area is 334 Å². The highest BCUT2D eigenvalue weighted by molar-refractivity contribution is 7.22. The van der Waals surface area contributed by atoms with Crippen LogP contribution in [0.15, 0.2) is 199 Å². The number of rotatable bonds is 8. The van der Waals surface area contributed by atoms with Gasteiger partial charge in [0.15, 0.2) is 8.07 Å². The summed E-state index contributed by atoms with van der Waals surface area (Å²) in [7, 11) is -2.64. The van der Waals surface area contributed by atoms with Crippen LogP contribution in [0, 0.1) is 0 Å². The highest BCUT2D eigenvalue weighted by Crippen LogP contribution is 2.41. The molecule has 1 heterocycles. The SMILES string of the molecule is CC(C)(C)c1cc(-c2ccc([Si](c3ccccc3)(c3ccccc3)c3ccccc3)cc2)c2nc(-c3ccccc3N=Cc3cccc4ccccc34)sc2c1. The maximum Gasteiger partial charge on any atom is 0.179 e. The molecule has 1 aromatic heterocycles. The molecule has 9 aromatic rings. The van der Waals surface area contributed by atoms with Crippen molar-refractivity contribution in [3.8, 4) is 21.7 Å². The van der Waals surface area contributed by atoms with Crippen LogP contribution in [0.5, 0.6) is 0 Å². The predicted octanol–water partition coefficient (Wildman–Crippen LogP) is 11.2. The van der Waals surface area contributed by atoms with Crippen molar-refractivity contribution in [1.82, 2.24) is 4.98 Å². The van der Waals surface area contributed by atoms with E-state index in [0.717, 1.165) is 32.9 Å². The van der Waals surface area contributed by atoms with Gasteiger partial charge in [0, 0.05) is 22.9 Å². The molecule has 0 amide bonds. The van der Waals surface area contributed by atoms with Gasteiger partial charge in [-0.3, -0.25) is 4.99 Å². The zero-order valence-corrected chi connectivity index (χ0v) is 33.7. The molecule has 0 spiro atoms. The van der Waals surface area contributed by atoms with E-state index in [2.05, 4.69) is 215 Å². The summed E-state index contributed by atoms with van der Waals surface area (Å²) in [5.74, 6) is 0. The van der Waals surface area contributed by atoms with Crippen molar-refractivity contribution < 1.29 is 0 Å². The Balaban J connectivity index is 1.18. The number of hydrogen-bond donors (Lipinski definition) is 0. The highest BCUT2D eigenvalue weighted by Gasteiger charge is 2.41. The Morgan fingerprint density at radius 2 is 1.09 bits per heavy atom. The lowest BCUT2D eigenvalue weighted by Crippen LogP contribution is -2.74. The standard InChI is InChI=1S/C52H42N2SSi/c1-52(2,3)40-34-47(38-30-32-44(33-31-38)56(41-21-7-4-8-22-41,42-23-9-5-10-24-42)43-25-11-6-12-26-43)50-49(35-40)55-51(54-50)46-28-15-16-29-48(46)53-36-39-20-17-19-37-18-13-14-27-45(37)39/h4-36H,1-3H3. The lowest BCUT2D eigenvalue weighted by molar-refractivity contribution is 0.591. The molecule has 0 bridgehead atoms. The molecule has 2 nitrogen and oxygen atoms in total. The van der Waals surface area contributed by atoms with Crippen molar-refractivity contribution in [2.24, 2.45) is 4.99 Å². The predicted molar refractivity (Wildman–Crippen MR) is 244 cm³/mol. The fourth-order valence-corrected chi connectivity index (χ4v) is 13.8. The van der Waals surface area contributed by atoms with E-state index >= 15 is 0 Å². The molecule has 0 saturated heterocycles. The fourth-order valence-electron chi connectivity index (χ4n) is 8.03. The second-order valence-corrected chi connectivity index (χ2v) is 20.2. The van der Waals surface area contributed by atoms with Gasteiger partial charge < -0.3 is 0 Å². The molecule has 270 valence electrons. The van der Waals surface area contributed by atoms with Gasteiger partial charge in [0.05, 0.1) is 15.9 Å². The van der Waals surface area contributed by atoms with Crippen LogP contribution in [0.1, 0.15) is 31.9 Å². The Kier molecular flexibility index (Phi) is 9.38. The molecule has 0 aliphatic rings. The van der Waals surface area contributed by atoms with Gasteiger partial charge >= 0.3 is 0 Å². The number of benzene rings is 8. The molecule has 56 heavy (non-hydrogen) atoms. The van der Waals surface area contributed by atoms with E-state index in [1.54, 1.807) is 11.3 Å². The van der Waals surface area contributed by atoms with Gasteiger partial charge in [-0.05, 0) is 72.3 Å². The first kappa shape index (κ1) is 35.5. The van der Waals surface area contributed by atoms with Crippen LogP contribution < -0.4 is 20.7 Å². The van der Waals surface area contributed by atoms with Gasteiger partial charge in [0.1, 0.15) is 5.01 Å². The summed E-state index contributed by atoms with van der Waals surface area (Å²) >= 11 is 1.75. The molecule has 0 aliphatic carbocycles. The Bertz CT molecular complexity index is 2720. The lowest BCUT2D eigenvalue weighted by Gasteiger charge is -2.34. The van der Waals surface area contributed by atoms with Crippen molar-refractivity contribution in [2.75, 3.05) is 0 Å². The summed E-state index contributed by atoms with van der Waals surface area (Å²) in [4.78, 5) is 10.5. The molecule has 0 saturated carbocycles. The molecule has 0 aliphatic heterocycles. The van der Waals surface area contributed by atoms with Crippen LogP contribution >= 0.6 is 11.3 Å². The number of para-hydroxylation sites is 1. The van der Waals surface area contributed by atoms with Crippen LogP contribution in [0.25, 0.3) is 42.7 Å². The number of thiazole rings is 1. The smallest absolute Gasteiger partial charge is 0.179 e. The molecule has 8 aromatic carbocycles. The number of nitrogens with zero attached hydrogens (tertiary/aromatic N) is 2. The van der Waals surface area contributed by atoms with E-state index in [1.165, 1.54) is 47.3 Å². The van der Waals surface area contributed by atoms with Crippen molar-refractivity contribution in [1.29, 1.82) is 0 Å². The van der Waals surface area contributed by atoms with Gasteiger partial charge in [-0.2, -0.15) is 0 Å². The maximum atomic E-state index is 5.42. The van der Waals surface area contributed by atoms with Gasteiger partial charge in [-0.15, -0.1) is 11.3 Å². The Morgan fingerprint density at radius 1 is 0.536 bits per heavy atom. The van der Waals surface area contributed by atoms with Crippen molar-refractivity contribution >= 4 is 73.0 Å². The van der Waals surface area contributed by atoms with E-state index in [0.29, 0.717) is 0 Å². The van der Waals surface area contributed by atoms with E-state index in [4.69, 9.17) is 9.98 Å². The minimum absolute atomic E-state index is 0.0380. The van der Waals surface area contributed by atoms with E-state index < -0.39 is 8.07 Å². The molecular weight excluding hydrogens is 713 g/mol. The third kappa shape index (κ3) is 6.51. The number of hydrogen-bond acceptors (Lipinski definition) is 3. The number of aromatic nitrogens is 1. The normalized spacial score (nSPS) is 12.1. The van der Waals surface area contributed by atoms with Crippen LogP contribution in [0.3, 0.4) is 0 Å². The van der Waals surface area contributed by atoms with E-state index in [-0.39, 0.29) is 5.41 Å². The largest absolute Gasteiger partial charge is 0.256 e. The summed E-state index contributed by atoms with van der Waals surface area (Å²) in [6.07, 6.45) is 1.99. The molecule has 0 fully saturated rings. The van der Waals surface area contributed by atoms with Gasteiger partial charge in [-0.1, -0.05) is 191 Å². The van der Waals surface area contributed by atoms with Crippen LogP contribution in [-0.2, 0) is 5.41 Å². The third-order valence-electron chi connectivity index (χ3n) is 10.9. The average Bonchev–Trinajstić information content (AvgIpc) is 3.69. The molecule has 0 radical (unpaired) electrons. The second kappa shape index (κ2) is 14.8. The summed E-state index contributed by atoms with van der Waals surface area (Å²) in [5, 5.41) is 8.83. The molecule has 9 rings (SSSR count). The zero-order valence-electron chi connectivity index (χ0n) is 31.9. The minimum Gasteiger partial charge on any atom is -0.256 e. The first-order valence-corrected chi connectivity index (χ1v) is 22.0. The van der Waals surface area contributed by atoms with E-state index in [9.17, 15) is 0 Å². The summed E-state index contributed by atoms with van der Waals surface area (Å²) in [5.41, 5.74) is 7.65. The van der Waals surface area contributed by atoms with Crippen LogP contribution in [0.2, 0.25) is 0 Å². The van der Waals surface area contributed by atoms with E-state index in [1.807, 2.05) is 6.21 Å². The van der Waals surface area contributed by atoms with Crippen molar-refractivity contribution in [2.45, 2.75) is 26.2 Å². The minimum atomic E-state index is -2.64. The third-order valence-corrected chi connectivity index (χ3v) is 16.7. The van der Waals surface area contributed by atoms with Crippen molar-refractivity contribution in [3.63, 3.8) is 0 Å². The Morgan fingerprint density at radius 3 is 1.73 bits per heavy atom. The summed E-state index contributed by atoms with van der Waals surface area (Å²) in [6.45, 7) is 6.87. The van der Waals surface area contributed by atoms with Gasteiger partial charge in [-0.25, -0.2) is 4.98 Å². The quantitative estimate of drug-likeness (QED) is 0.0861. The second-order valence-electron chi connectivity index (χ2n) is 15.4. The van der Waals surface area contributed by atoms with Gasteiger partial charge in [0.25, 0.3) is 0 Å². The fraction of sp³-hybridized carbons (Fsp3) is 0.0769. The monoisotopic (exact) mass is 754 g/mol. The molecule has 0 unspecified atom stereocenters. The molecular formula is C52H42N2SSi.